The molecular weight excluding hydrogens is 326 g/mol. The Morgan fingerprint density at radius 2 is 1.71 bits per heavy atom. The third-order valence-corrected chi connectivity index (χ3v) is 5.72. The van der Waals surface area contributed by atoms with Crippen LogP contribution in [0.5, 0.6) is 0 Å². The molecule has 0 atom stereocenters. The fourth-order valence-electron chi connectivity index (χ4n) is 2.62. The molecule has 1 heterocycles. The Kier molecular flexibility index (Phi) is 4.01. The highest BCUT2D eigenvalue weighted by molar-refractivity contribution is 7.91. The molecule has 0 aromatic heterocycles. The lowest BCUT2D eigenvalue weighted by atomic mass is 10.0. The molecule has 0 bridgehead atoms. The van der Waals surface area contributed by atoms with Gasteiger partial charge in [0, 0.05) is 23.2 Å². The Hall–Kier alpha value is -2.47. The van der Waals surface area contributed by atoms with Gasteiger partial charge in [0.15, 0.2) is 5.78 Å². The molecule has 2 aromatic carbocycles. The lowest BCUT2D eigenvalue weighted by Gasteiger charge is -2.19. The van der Waals surface area contributed by atoms with Crippen LogP contribution >= 0.6 is 0 Å². The maximum absolute atomic E-state index is 12.8. The second-order valence-electron chi connectivity index (χ2n) is 6.14. The molecule has 3 rings (SSSR count). The molecule has 5 nitrogen and oxygen atoms in total. The average Bonchev–Trinajstić information content (AvgIpc) is 2.57. The van der Waals surface area contributed by atoms with Gasteiger partial charge in [0.1, 0.15) is 0 Å². The van der Waals surface area contributed by atoms with Crippen LogP contribution < -0.4 is 5.32 Å². The number of hydrogen-bond donors (Lipinski definition) is 1. The van der Waals surface area contributed by atoms with Gasteiger partial charge in [0.05, 0.1) is 9.79 Å². The third-order valence-electron chi connectivity index (χ3n) is 3.87. The molecule has 6 heteroatoms. The number of hydrogen-bond acceptors (Lipinski definition) is 4. The van der Waals surface area contributed by atoms with Crippen molar-refractivity contribution in [2.24, 2.45) is 5.92 Å². The van der Waals surface area contributed by atoms with Crippen molar-refractivity contribution in [3.63, 3.8) is 0 Å². The fourth-order valence-corrected chi connectivity index (χ4v) is 4.30. The van der Waals surface area contributed by atoms with Gasteiger partial charge in [-0.1, -0.05) is 26.0 Å². The molecule has 0 saturated carbocycles. The molecular formula is C18H17NO4S. The molecule has 24 heavy (non-hydrogen) atoms. The van der Waals surface area contributed by atoms with E-state index in [9.17, 15) is 18.0 Å². The first-order valence-electron chi connectivity index (χ1n) is 7.63. The lowest BCUT2D eigenvalue weighted by Crippen LogP contribution is -2.28. The summed E-state index contributed by atoms with van der Waals surface area (Å²) < 4.78 is 25.6. The van der Waals surface area contributed by atoms with Crippen LogP contribution in [-0.4, -0.2) is 26.7 Å². The molecule has 1 aliphatic rings. The number of rotatable bonds is 3. The first-order valence-corrected chi connectivity index (χ1v) is 9.11. The molecule has 124 valence electrons. The van der Waals surface area contributed by atoms with Crippen LogP contribution in [0.15, 0.2) is 52.3 Å². The van der Waals surface area contributed by atoms with E-state index in [2.05, 4.69) is 5.32 Å². The Bertz CT molecular complexity index is 945. The van der Waals surface area contributed by atoms with Crippen LogP contribution in [0.4, 0.5) is 0 Å². The number of fused-ring (bicyclic) bond motifs is 2. The smallest absolute Gasteiger partial charge is 0.251 e. The molecule has 0 saturated heterocycles. The summed E-state index contributed by atoms with van der Waals surface area (Å²) in [6.07, 6.45) is 0. The topological polar surface area (TPSA) is 80.3 Å². The summed E-state index contributed by atoms with van der Waals surface area (Å²) in [5.41, 5.74) is 0.501. The zero-order valence-corrected chi connectivity index (χ0v) is 14.2. The minimum absolute atomic E-state index is 0.0118. The number of sulfone groups is 1. The Morgan fingerprint density at radius 1 is 1.04 bits per heavy atom. The van der Waals surface area contributed by atoms with Crippen LogP contribution in [0.3, 0.4) is 0 Å². The van der Waals surface area contributed by atoms with Gasteiger partial charge in [-0.25, -0.2) is 8.42 Å². The van der Waals surface area contributed by atoms with E-state index < -0.39 is 9.84 Å². The van der Waals surface area contributed by atoms with Crippen LogP contribution in [0.1, 0.15) is 40.1 Å². The van der Waals surface area contributed by atoms with Crippen molar-refractivity contribution < 1.29 is 18.0 Å². The lowest BCUT2D eigenvalue weighted by molar-refractivity contribution is 0.0947. The average molecular weight is 343 g/mol. The maximum atomic E-state index is 12.8. The van der Waals surface area contributed by atoms with E-state index in [0.29, 0.717) is 6.54 Å². The van der Waals surface area contributed by atoms with E-state index in [4.69, 9.17) is 0 Å². The minimum Gasteiger partial charge on any atom is -0.352 e. The van der Waals surface area contributed by atoms with E-state index in [-0.39, 0.29) is 44.1 Å². The predicted molar refractivity (Wildman–Crippen MR) is 88.9 cm³/mol. The van der Waals surface area contributed by atoms with Gasteiger partial charge in [-0.15, -0.1) is 0 Å². The predicted octanol–water partition coefficient (Wildman–Crippen LogP) is 2.45. The van der Waals surface area contributed by atoms with E-state index >= 15 is 0 Å². The number of amides is 1. The van der Waals surface area contributed by atoms with E-state index in [1.807, 2.05) is 13.8 Å². The summed E-state index contributed by atoms with van der Waals surface area (Å²) in [5.74, 6) is -0.415. The molecule has 2 aromatic rings. The van der Waals surface area contributed by atoms with E-state index in [1.165, 1.54) is 30.3 Å². The summed E-state index contributed by atoms with van der Waals surface area (Å²) in [7, 11) is -3.82. The number of carbonyl (C=O) groups is 2. The zero-order valence-electron chi connectivity index (χ0n) is 13.4. The molecule has 1 N–H and O–H groups in total. The summed E-state index contributed by atoms with van der Waals surface area (Å²) in [6, 6.07) is 10.3. The first-order chi connectivity index (χ1) is 11.3. The molecule has 0 unspecified atom stereocenters. The van der Waals surface area contributed by atoms with Gasteiger partial charge in [-0.2, -0.15) is 0 Å². The second-order valence-corrected chi connectivity index (χ2v) is 8.03. The Balaban J connectivity index is 2.08. The molecule has 0 aliphatic carbocycles. The molecule has 0 fully saturated rings. The van der Waals surface area contributed by atoms with Gasteiger partial charge < -0.3 is 5.32 Å². The summed E-state index contributed by atoms with van der Waals surface area (Å²) in [6.45, 7) is 4.42. The SMILES string of the molecule is CC(C)CNC(=O)c1ccc2c(c1)S(=O)(=O)c1ccccc1C2=O. The Morgan fingerprint density at radius 3 is 2.42 bits per heavy atom. The van der Waals surface area contributed by atoms with Gasteiger partial charge in [0.25, 0.3) is 5.91 Å². The maximum Gasteiger partial charge on any atom is 0.251 e. The van der Waals surface area contributed by atoms with Crippen molar-refractivity contribution in [2.45, 2.75) is 23.6 Å². The van der Waals surface area contributed by atoms with Crippen molar-refractivity contribution in [3.05, 3.63) is 59.2 Å². The van der Waals surface area contributed by atoms with Crippen LogP contribution in [0, 0.1) is 5.92 Å². The number of carbonyl (C=O) groups excluding carboxylic acids is 2. The second kappa shape index (κ2) is 5.87. The van der Waals surface area contributed by atoms with E-state index in [0.717, 1.165) is 0 Å². The molecule has 1 amide bonds. The van der Waals surface area contributed by atoms with Crippen LogP contribution in [0.25, 0.3) is 0 Å². The highest BCUT2D eigenvalue weighted by Crippen LogP contribution is 2.34. The van der Waals surface area contributed by atoms with E-state index in [1.54, 1.807) is 12.1 Å². The molecule has 0 radical (unpaired) electrons. The van der Waals surface area contributed by atoms with Gasteiger partial charge in [0.2, 0.25) is 9.84 Å². The highest BCUT2D eigenvalue weighted by Gasteiger charge is 2.34. The fraction of sp³-hybridized carbons (Fsp3) is 0.222. The van der Waals surface area contributed by atoms with Gasteiger partial charge in [-0.3, -0.25) is 9.59 Å². The summed E-state index contributed by atoms with van der Waals surface area (Å²) in [5, 5.41) is 2.74. The third kappa shape index (κ3) is 2.63. The van der Waals surface area contributed by atoms with Crippen LogP contribution in [-0.2, 0) is 9.84 Å². The normalized spacial score (nSPS) is 14.9. The zero-order chi connectivity index (χ0) is 17.5. The van der Waals surface area contributed by atoms with Gasteiger partial charge >= 0.3 is 0 Å². The van der Waals surface area contributed by atoms with Gasteiger partial charge in [-0.05, 0) is 36.2 Å². The quantitative estimate of drug-likeness (QED) is 0.792. The standard InChI is InChI=1S/C18H17NO4S/c1-11(2)10-19-18(21)12-7-8-14-16(9-12)24(22,23)15-6-4-3-5-13(15)17(14)20/h3-9,11H,10H2,1-2H3,(H,19,21). The van der Waals surface area contributed by atoms with Crippen molar-refractivity contribution in [1.29, 1.82) is 0 Å². The number of nitrogens with one attached hydrogen (secondary N) is 1. The van der Waals surface area contributed by atoms with Crippen molar-refractivity contribution in [2.75, 3.05) is 6.54 Å². The summed E-state index contributed by atoms with van der Waals surface area (Å²) >= 11 is 0. The first kappa shape index (κ1) is 16.4. The summed E-state index contributed by atoms with van der Waals surface area (Å²) in [4.78, 5) is 24.6. The van der Waals surface area contributed by atoms with Crippen molar-refractivity contribution in [1.82, 2.24) is 5.32 Å². The highest BCUT2D eigenvalue weighted by atomic mass is 32.2. The number of benzene rings is 2. The van der Waals surface area contributed by atoms with Crippen molar-refractivity contribution in [3.8, 4) is 0 Å². The Labute approximate surface area is 140 Å². The monoisotopic (exact) mass is 343 g/mol. The number of ketones is 1. The van der Waals surface area contributed by atoms with Crippen LogP contribution in [0.2, 0.25) is 0 Å². The minimum atomic E-state index is -3.82. The largest absolute Gasteiger partial charge is 0.352 e. The molecule has 0 spiro atoms. The van der Waals surface area contributed by atoms with Crippen molar-refractivity contribution >= 4 is 21.5 Å². The molecule has 1 aliphatic heterocycles.